The lowest BCUT2D eigenvalue weighted by Crippen LogP contribution is -2.50. The highest BCUT2D eigenvalue weighted by atomic mass is 32.2. The maximum Gasteiger partial charge on any atom is 0.327 e. The summed E-state index contributed by atoms with van der Waals surface area (Å²) in [6.07, 6.45) is 15.3. The number of urea groups is 2. The number of H-pyrrole nitrogens is 1. The van der Waals surface area contributed by atoms with Crippen molar-refractivity contribution in [2.24, 2.45) is 16.2 Å². The number of para-hydroxylation sites is 4. The first-order valence-corrected chi connectivity index (χ1v) is 49.0. The van der Waals surface area contributed by atoms with Gasteiger partial charge in [-0.25, -0.2) is 19.4 Å². The number of imidazole rings is 1. The number of hydrogen-bond acceptors (Lipinski definition) is 16. The summed E-state index contributed by atoms with van der Waals surface area (Å²) in [5.41, 5.74) is 12.4. The van der Waals surface area contributed by atoms with Gasteiger partial charge in [-0.2, -0.15) is 0 Å². The van der Waals surface area contributed by atoms with Crippen molar-refractivity contribution < 1.29 is 50.6 Å². The number of rotatable bonds is 19. The molecule has 0 radical (unpaired) electrons. The highest BCUT2D eigenvalue weighted by Gasteiger charge is 2.48. The van der Waals surface area contributed by atoms with Crippen molar-refractivity contribution in [1.29, 1.82) is 0 Å². The molecule has 7 aromatic rings. The van der Waals surface area contributed by atoms with E-state index in [0.717, 1.165) is 148 Å². The number of aliphatic hydroxyl groups excluding tert-OH is 1. The molecule has 0 bridgehead atoms. The summed E-state index contributed by atoms with van der Waals surface area (Å²) >= 11 is 4.87. The second-order valence-corrected chi connectivity index (χ2v) is 43.2. The minimum absolute atomic E-state index is 0. The van der Waals surface area contributed by atoms with E-state index in [9.17, 15) is 48.3 Å². The van der Waals surface area contributed by atoms with Crippen LogP contribution in [0.3, 0.4) is 0 Å². The molecule has 7 saturated heterocycles. The molecule has 688 valence electrons. The summed E-state index contributed by atoms with van der Waals surface area (Å²) in [5, 5.41) is 18.1. The van der Waals surface area contributed by atoms with Crippen molar-refractivity contribution in [3.8, 4) is 0 Å². The van der Waals surface area contributed by atoms with Crippen molar-refractivity contribution in [2.45, 2.75) is 228 Å². The Morgan fingerprint density at radius 1 is 0.488 bits per heavy atom. The standard InChI is InChI=1S/C36H47N5O3S.C33H44N6O4S.C30H38N4O3S.5H2/c1-36(2,3)17-23-41-33(43)31(45-34(41)29-10-6-5-9-28(29)25-12-18-37-19-13-25)24-32(42)39-20-15-27(16-21-39)40-22-14-26-8-4-7-11-30(26)38-35(40)44;1-33(2,3)14-20-38-30(42)27(44-31(38)24-7-4-5-8-25(24)36-18-12-23(40)13-19-36)21-28(41)37-16-10-22(11-17-37)39-26-9-6-15-34-29(26)35-32(39)43;1-30(2,3)20-27-34(23-10-5-4-6-11-23)28(36)25(38-27)19-26(35)32-16-14-22(15-17-32)33-18-13-21-9-7-8-12-24(21)31-29(33)37;;;;;/h4-12,27,31,34,37H,13-24H2,1-3H3,(H,38,44);4-9,15,22-23,27,31,40H,10-14,16-21H2,1-3H3,(H,34,35,43);4-12,22,25,27H,13-20H2,1-3H3,(H,31,37);5*1H. The topological polar surface area (TPSA) is 273 Å². The first-order chi connectivity index (χ1) is 61.0. The fourth-order valence-electron chi connectivity index (χ4n) is 19.4. The highest BCUT2D eigenvalue weighted by molar-refractivity contribution is 8.02. The molecule has 5 N–H and O–H groups in total. The van der Waals surface area contributed by atoms with Gasteiger partial charge in [0.15, 0.2) is 5.65 Å². The van der Waals surface area contributed by atoms with Crippen LogP contribution in [0.4, 0.5) is 32.3 Å². The van der Waals surface area contributed by atoms with Crippen LogP contribution in [0.25, 0.3) is 16.7 Å². The Balaban J connectivity index is 0.000000202. The third kappa shape index (κ3) is 22.5. The van der Waals surface area contributed by atoms with Crippen LogP contribution in [0.15, 0.2) is 157 Å². The number of pyridine rings is 1. The van der Waals surface area contributed by atoms with E-state index in [2.05, 4.69) is 148 Å². The second-order valence-electron chi connectivity index (χ2n) is 39.3. The van der Waals surface area contributed by atoms with Gasteiger partial charge in [0.25, 0.3) is 0 Å². The average Bonchev–Trinajstić information content (AvgIpc) is 1.64. The molecule has 10 aliphatic heterocycles. The normalized spacial score (nSPS) is 22.7. The molecule has 12 heterocycles. The molecule has 0 spiro atoms. The van der Waals surface area contributed by atoms with Crippen LogP contribution in [-0.4, -0.2) is 232 Å². The van der Waals surface area contributed by atoms with Gasteiger partial charge >= 0.3 is 17.8 Å². The minimum Gasteiger partial charge on any atom is -0.393 e. The SMILES string of the molecule is CC(C)(C)CC1SC(CC(=O)N2CCC(N3CCc4ccccc4NC3=O)CC2)C(=O)N1c1ccccc1.CC(C)(C)CCN1C(=O)C(CC(=O)N2CCC(N3CCc4ccccc4NC3=O)CC2)SC1c1ccccc1C1=CCNCC1.CC(C)(C)CCN1C(=O)C(CC(=O)N2CCC(n3c(=O)[nH]c4ncccc43)CC2)SC1c1ccccc1N1CCC(O)CC1.[HH].[HH].[HH].[HH].[HH]. The van der Waals surface area contributed by atoms with Crippen LogP contribution in [0, 0.1) is 16.2 Å². The average molecular weight is 1800 g/mol. The molecule has 25 nitrogen and oxygen atoms in total. The van der Waals surface area contributed by atoms with Gasteiger partial charge in [-0.05, 0) is 183 Å². The van der Waals surface area contributed by atoms with Gasteiger partial charge in [-0.1, -0.05) is 165 Å². The number of aromatic nitrogens is 3. The first kappa shape index (κ1) is 92.1. The van der Waals surface area contributed by atoms with E-state index in [1.807, 2.05) is 130 Å². The zero-order chi connectivity index (χ0) is 89.4. The number of aromatic amines is 1. The van der Waals surface area contributed by atoms with Gasteiger partial charge in [0.1, 0.15) is 10.7 Å². The number of carbonyl (C=O) groups is 8. The van der Waals surface area contributed by atoms with Gasteiger partial charge in [-0.3, -0.25) is 43.2 Å². The quantitative estimate of drug-likeness (QED) is 0.0503. The Labute approximate surface area is 768 Å². The van der Waals surface area contributed by atoms with Crippen LogP contribution < -0.4 is 31.4 Å². The molecule has 7 fully saturated rings. The van der Waals surface area contributed by atoms with Crippen molar-refractivity contribution in [3.63, 3.8) is 0 Å². The van der Waals surface area contributed by atoms with Crippen molar-refractivity contribution >= 4 is 122 Å². The number of anilines is 4. The second kappa shape index (κ2) is 40.6. The summed E-state index contributed by atoms with van der Waals surface area (Å²) in [4.78, 5) is 146. The number of benzene rings is 5. The van der Waals surface area contributed by atoms with E-state index in [4.69, 9.17) is 0 Å². The Bertz CT molecular complexity index is 5200. The maximum absolute atomic E-state index is 14.0. The Hall–Kier alpha value is -9.61. The highest BCUT2D eigenvalue weighted by Crippen LogP contribution is 2.51. The molecule has 17 rings (SSSR count). The molecule has 6 unspecified atom stereocenters. The van der Waals surface area contributed by atoms with E-state index < -0.39 is 10.5 Å². The lowest BCUT2D eigenvalue weighted by Gasteiger charge is -2.38. The summed E-state index contributed by atoms with van der Waals surface area (Å²) in [7, 11) is 0. The third-order valence-corrected chi connectivity index (χ3v) is 30.9. The molecule has 6 atom stereocenters. The molecule has 10 amide bonds. The fraction of sp³-hybridized carbons (Fsp3) is 0.535. The third-order valence-electron chi connectivity index (χ3n) is 26.6. The first-order valence-electron chi connectivity index (χ1n) is 46.1. The lowest BCUT2D eigenvalue weighted by atomic mass is 9.91. The van der Waals surface area contributed by atoms with Crippen LogP contribution in [0.2, 0.25) is 0 Å². The fourth-order valence-corrected chi connectivity index (χ4v) is 24.2. The lowest BCUT2D eigenvalue weighted by molar-refractivity contribution is -0.137. The van der Waals surface area contributed by atoms with Crippen molar-refractivity contribution in [1.82, 2.24) is 54.2 Å². The van der Waals surface area contributed by atoms with E-state index in [0.29, 0.717) is 83.9 Å². The van der Waals surface area contributed by atoms with E-state index in [1.54, 1.807) is 46.0 Å². The largest absolute Gasteiger partial charge is 0.393 e. The van der Waals surface area contributed by atoms with Gasteiger partial charge in [-0.15, -0.1) is 35.3 Å². The summed E-state index contributed by atoms with van der Waals surface area (Å²) in [6.45, 7) is 29.3. The number of amides is 10. The van der Waals surface area contributed by atoms with E-state index >= 15 is 0 Å². The van der Waals surface area contributed by atoms with Gasteiger partial charge < -0.3 is 60.3 Å². The molecule has 2 aromatic heterocycles. The molecule has 28 heteroatoms. The number of fused-ring (bicyclic) bond motifs is 3. The Morgan fingerprint density at radius 2 is 0.961 bits per heavy atom. The predicted molar refractivity (Wildman–Crippen MR) is 519 cm³/mol. The predicted octanol–water partition coefficient (Wildman–Crippen LogP) is 16.8. The van der Waals surface area contributed by atoms with Crippen molar-refractivity contribution in [3.05, 3.63) is 190 Å². The number of nitrogens with one attached hydrogen (secondary N) is 4. The Kier molecular flexibility index (Phi) is 29.4. The van der Waals surface area contributed by atoms with Crippen molar-refractivity contribution in [2.75, 3.05) is 112 Å². The number of piperidine rings is 4. The molecule has 10 aliphatic rings. The molecule has 127 heavy (non-hydrogen) atoms. The number of carbonyl (C=O) groups excluding carboxylic acids is 8. The maximum atomic E-state index is 14.0. The Morgan fingerprint density at radius 3 is 1.47 bits per heavy atom. The number of thioether (sulfide) groups is 3. The molecule has 5 aromatic carbocycles. The number of likely N-dealkylation sites (tertiary alicyclic amines) is 3. The minimum atomic E-state index is -0.441. The molecular formula is C99H139N15O10S3. The zero-order valence-corrected chi connectivity index (χ0v) is 77.8. The van der Waals surface area contributed by atoms with E-state index in [1.165, 1.54) is 16.7 Å². The van der Waals surface area contributed by atoms with Gasteiger partial charge in [0.2, 0.25) is 35.4 Å². The van der Waals surface area contributed by atoms with Gasteiger partial charge in [0.05, 0.1) is 32.7 Å². The zero-order valence-electron chi connectivity index (χ0n) is 75.4. The molecule has 0 saturated carbocycles. The molecular weight excluding hydrogens is 1660 g/mol. The van der Waals surface area contributed by atoms with Crippen LogP contribution in [-0.2, 0) is 41.6 Å². The molecule has 0 aliphatic carbocycles. The summed E-state index contributed by atoms with van der Waals surface area (Å²) < 4.78 is 1.78. The number of aliphatic hydroxyl groups is 1. The van der Waals surface area contributed by atoms with Crippen LogP contribution >= 0.6 is 35.3 Å². The smallest absolute Gasteiger partial charge is 0.327 e. The summed E-state index contributed by atoms with van der Waals surface area (Å²) in [6, 6.07) is 46.4. The summed E-state index contributed by atoms with van der Waals surface area (Å²) in [5.74, 6) is 0.210. The van der Waals surface area contributed by atoms with Crippen LogP contribution in [0.5, 0.6) is 0 Å². The van der Waals surface area contributed by atoms with Gasteiger partial charge in [0, 0.05) is 164 Å². The number of hydrogen-bond donors (Lipinski definition) is 5. The van der Waals surface area contributed by atoms with E-state index in [-0.39, 0.29) is 141 Å². The van der Waals surface area contributed by atoms with Crippen LogP contribution in [0.1, 0.15) is 210 Å². The monoisotopic (exact) mass is 1790 g/mol. The number of nitrogens with zero attached hydrogens (tertiary/aromatic N) is 11.